The van der Waals surface area contributed by atoms with Crippen LogP contribution in [0.25, 0.3) is 0 Å². The largest absolute Gasteiger partial charge is 0.478 e. The summed E-state index contributed by atoms with van der Waals surface area (Å²) in [6.07, 6.45) is 3.09. The molecule has 1 aliphatic heterocycles. The number of rotatable bonds is 8. The van der Waals surface area contributed by atoms with Crippen molar-refractivity contribution < 1.29 is 24.2 Å². The van der Waals surface area contributed by atoms with E-state index in [4.69, 9.17) is 14.6 Å². The molecular formula is C14H23NO5. The maximum Gasteiger partial charge on any atom is 0.334 e. The average molecular weight is 285 g/mol. The molecule has 1 N–H and O–H groups in total. The molecule has 0 spiro atoms. The molecule has 0 aromatic carbocycles. The van der Waals surface area contributed by atoms with Gasteiger partial charge in [-0.05, 0) is 32.7 Å². The highest BCUT2D eigenvalue weighted by molar-refractivity contribution is 5.95. The van der Waals surface area contributed by atoms with Crippen molar-refractivity contribution in [2.45, 2.75) is 26.2 Å². The van der Waals surface area contributed by atoms with Crippen molar-refractivity contribution in [2.75, 3.05) is 39.5 Å². The quantitative estimate of drug-likeness (QED) is 0.408. The van der Waals surface area contributed by atoms with Gasteiger partial charge in [-0.25, -0.2) is 9.59 Å². The first-order valence-corrected chi connectivity index (χ1v) is 7.04. The molecule has 1 saturated heterocycles. The van der Waals surface area contributed by atoms with E-state index in [-0.39, 0.29) is 12.2 Å². The number of carbonyl (C=O) groups is 2. The zero-order chi connectivity index (χ0) is 14.8. The maximum atomic E-state index is 11.6. The van der Waals surface area contributed by atoms with Crippen LogP contribution in [0.4, 0.5) is 0 Å². The van der Waals surface area contributed by atoms with Crippen molar-refractivity contribution in [2.24, 2.45) is 0 Å². The normalized spacial score (nSPS) is 16.9. The highest BCUT2D eigenvalue weighted by Crippen LogP contribution is 2.11. The Labute approximate surface area is 119 Å². The van der Waals surface area contributed by atoms with Crippen LogP contribution in [0.2, 0.25) is 0 Å². The molecule has 114 valence electrons. The molecule has 1 fully saturated rings. The van der Waals surface area contributed by atoms with Crippen LogP contribution in [-0.4, -0.2) is 61.4 Å². The molecule has 0 bridgehead atoms. The van der Waals surface area contributed by atoms with E-state index in [9.17, 15) is 9.59 Å². The van der Waals surface area contributed by atoms with Crippen molar-refractivity contribution in [1.82, 2.24) is 4.90 Å². The summed E-state index contributed by atoms with van der Waals surface area (Å²) in [5.41, 5.74) is 0.237. The van der Waals surface area contributed by atoms with Crippen LogP contribution in [0.15, 0.2) is 11.6 Å². The monoisotopic (exact) mass is 285 g/mol. The molecule has 0 unspecified atom stereocenters. The molecule has 20 heavy (non-hydrogen) atoms. The summed E-state index contributed by atoms with van der Waals surface area (Å²) in [6.45, 7) is 6.33. The smallest absolute Gasteiger partial charge is 0.334 e. The third kappa shape index (κ3) is 6.68. The topological polar surface area (TPSA) is 76.1 Å². The number of esters is 1. The van der Waals surface area contributed by atoms with Crippen LogP contribution < -0.4 is 0 Å². The first-order chi connectivity index (χ1) is 9.63. The number of carbonyl (C=O) groups excluding carboxylic acids is 1. The lowest BCUT2D eigenvalue weighted by molar-refractivity contribution is -0.139. The van der Waals surface area contributed by atoms with Gasteiger partial charge in [-0.1, -0.05) is 0 Å². The van der Waals surface area contributed by atoms with Crippen LogP contribution in [0.3, 0.4) is 0 Å². The minimum absolute atomic E-state index is 0.237. The Kier molecular flexibility index (Phi) is 7.91. The molecule has 0 amide bonds. The molecule has 6 nitrogen and oxygen atoms in total. The predicted molar refractivity (Wildman–Crippen MR) is 73.5 cm³/mol. The SMILES string of the molecule is CCOC(=O)/C(=C/C(=O)O)CCCCN1CCOCC1. The highest BCUT2D eigenvalue weighted by atomic mass is 16.5. The maximum absolute atomic E-state index is 11.6. The number of hydrogen-bond acceptors (Lipinski definition) is 5. The van der Waals surface area contributed by atoms with Gasteiger partial charge >= 0.3 is 11.9 Å². The van der Waals surface area contributed by atoms with Gasteiger partial charge in [-0.3, -0.25) is 4.90 Å². The summed E-state index contributed by atoms with van der Waals surface area (Å²) in [5.74, 6) is -1.64. The molecule has 0 aliphatic carbocycles. The van der Waals surface area contributed by atoms with Gasteiger partial charge in [0.15, 0.2) is 0 Å². The second-order valence-electron chi connectivity index (χ2n) is 4.64. The summed E-state index contributed by atoms with van der Waals surface area (Å²) in [7, 11) is 0. The summed E-state index contributed by atoms with van der Waals surface area (Å²) in [4.78, 5) is 24.6. The molecule has 1 heterocycles. The van der Waals surface area contributed by atoms with Gasteiger partial charge in [-0.15, -0.1) is 0 Å². The number of hydrogen-bond donors (Lipinski definition) is 1. The van der Waals surface area contributed by atoms with Crippen molar-refractivity contribution in [3.63, 3.8) is 0 Å². The van der Waals surface area contributed by atoms with Crippen LogP contribution in [-0.2, 0) is 19.1 Å². The fourth-order valence-corrected chi connectivity index (χ4v) is 2.08. The number of carboxylic acid groups (broad SMARTS) is 1. The van der Waals surface area contributed by atoms with Gasteiger partial charge in [0.25, 0.3) is 0 Å². The molecule has 0 atom stereocenters. The van der Waals surface area contributed by atoms with Crippen molar-refractivity contribution in [3.8, 4) is 0 Å². The van der Waals surface area contributed by atoms with E-state index in [1.54, 1.807) is 6.92 Å². The standard InChI is InChI=1S/C14H23NO5/c1-2-20-14(18)12(11-13(16)17)5-3-4-6-15-7-9-19-10-8-15/h11H,2-10H2,1H3,(H,16,17)/b12-11+. The van der Waals surface area contributed by atoms with Crippen LogP contribution in [0.1, 0.15) is 26.2 Å². The first kappa shape index (κ1) is 16.7. The van der Waals surface area contributed by atoms with Gasteiger partial charge in [0.05, 0.1) is 19.8 Å². The van der Waals surface area contributed by atoms with Gasteiger partial charge in [0.1, 0.15) is 0 Å². The van der Waals surface area contributed by atoms with E-state index in [0.717, 1.165) is 51.8 Å². The van der Waals surface area contributed by atoms with Gasteiger partial charge in [-0.2, -0.15) is 0 Å². The predicted octanol–water partition coefficient (Wildman–Crippen LogP) is 1.06. The third-order valence-electron chi connectivity index (χ3n) is 3.11. The van der Waals surface area contributed by atoms with Crippen molar-refractivity contribution in [3.05, 3.63) is 11.6 Å². The first-order valence-electron chi connectivity index (χ1n) is 7.04. The minimum atomic E-state index is -1.11. The van der Waals surface area contributed by atoms with Crippen LogP contribution in [0, 0.1) is 0 Å². The Hall–Kier alpha value is -1.40. The Balaban J connectivity index is 2.30. The molecule has 0 radical (unpaired) electrons. The lowest BCUT2D eigenvalue weighted by atomic mass is 10.1. The third-order valence-corrected chi connectivity index (χ3v) is 3.11. The molecule has 0 saturated carbocycles. The average Bonchev–Trinajstić information content (AvgIpc) is 2.43. The second-order valence-corrected chi connectivity index (χ2v) is 4.64. The number of nitrogens with zero attached hydrogens (tertiary/aromatic N) is 1. The lowest BCUT2D eigenvalue weighted by Gasteiger charge is -2.26. The van der Waals surface area contributed by atoms with Crippen molar-refractivity contribution >= 4 is 11.9 Å². The fraction of sp³-hybridized carbons (Fsp3) is 0.714. The number of ether oxygens (including phenoxy) is 2. The Morgan fingerprint density at radius 1 is 1.30 bits per heavy atom. The zero-order valence-corrected chi connectivity index (χ0v) is 12.0. The van der Waals surface area contributed by atoms with E-state index >= 15 is 0 Å². The molecule has 0 aromatic rings. The van der Waals surface area contributed by atoms with E-state index < -0.39 is 11.9 Å². The number of carboxylic acids is 1. The minimum Gasteiger partial charge on any atom is -0.478 e. The highest BCUT2D eigenvalue weighted by Gasteiger charge is 2.13. The van der Waals surface area contributed by atoms with Gasteiger partial charge in [0.2, 0.25) is 0 Å². The van der Waals surface area contributed by atoms with E-state index in [1.165, 1.54) is 0 Å². The zero-order valence-electron chi connectivity index (χ0n) is 12.0. The summed E-state index contributed by atoms with van der Waals surface area (Å²) in [6, 6.07) is 0. The number of morpholine rings is 1. The van der Waals surface area contributed by atoms with E-state index in [2.05, 4.69) is 4.90 Å². The second kappa shape index (κ2) is 9.50. The molecule has 6 heteroatoms. The molecule has 0 aromatic heterocycles. The van der Waals surface area contributed by atoms with Crippen molar-refractivity contribution in [1.29, 1.82) is 0 Å². The Morgan fingerprint density at radius 3 is 2.60 bits per heavy atom. The Morgan fingerprint density at radius 2 is 2.00 bits per heavy atom. The summed E-state index contributed by atoms with van der Waals surface area (Å²) < 4.78 is 10.1. The van der Waals surface area contributed by atoms with Crippen LogP contribution >= 0.6 is 0 Å². The van der Waals surface area contributed by atoms with Gasteiger partial charge in [0, 0.05) is 24.7 Å². The summed E-state index contributed by atoms with van der Waals surface area (Å²) in [5, 5.41) is 8.76. The van der Waals surface area contributed by atoms with E-state index in [0.29, 0.717) is 6.42 Å². The lowest BCUT2D eigenvalue weighted by Crippen LogP contribution is -2.36. The van der Waals surface area contributed by atoms with Gasteiger partial charge < -0.3 is 14.6 Å². The van der Waals surface area contributed by atoms with Crippen LogP contribution in [0.5, 0.6) is 0 Å². The molecule has 1 rings (SSSR count). The number of unbranched alkanes of at least 4 members (excludes halogenated alkanes) is 1. The fourth-order valence-electron chi connectivity index (χ4n) is 2.08. The molecular weight excluding hydrogens is 262 g/mol. The Bertz CT molecular complexity index is 347. The summed E-state index contributed by atoms with van der Waals surface area (Å²) >= 11 is 0. The van der Waals surface area contributed by atoms with E-state index in [1.807, 2.05) is 0 Å². The number of aliphatic carboxylic acids is 1. The molecule has 1 aliphatic rings.